The van der Waals surface area contributed by atoms with Crippen LogP contribution < -0.4 is 4.74 Å². The van der Waals surface area contributed by atoms with Crippen LogP contribution in [0.25, 0.3) is 11.8 Å². The van der Waals surface area contributed by atoms with E-state index in [-0.39, 0.29) is 24.2 Å². The Labute approximate surface area is 181 Å². The lowest BCUT2D eigenvalue weighted by atomic mass is 9.97. The van der Waals surface area contributed by atoms with Crippen LogP contribution in [0.2, 0.25) is 0 Å². The molecule has 1 aromatic heterocycles. The zero-order valence-corrected chi connectivity index (χ0v) is 18.0. The summed E-state index contributed by atoms with van der Waals surface area (Å²) in [4.78, 5) is 6.66. The molecule has 31 heavy (non-hydrogen) atoms. The molecule has 3 heterocycles. The maximum atomic E-state index is 13.3. The SMILES string of the molecule is COc1cc(/C=C2\CCN([C@@H](C)c3ccc(F)cc3)C3OC23)ccc1-n1cnc(C)c1. The van der Waals surface area contributed by atoms with Crippen molar-refractivity contribution in [1.29, 1.82) is 0 Å². The molecule has 0 aliphatic carbocycles. The Morgan fingerprint density at radius 2 is 2.03 bits per heavy atom. The normalized spacial score (nSPS) is 22.9. The summed E-state index contributed by atoms with van der Waals surface area (Å²) in [5.41, 5.74) is 5.45. The molecule has 0 spiro atoms. The van der Waals surface area contributed by atoms with Gasteiger partial charge in [0.15, 0.2) is 0 Å². The van der Waals surface area contributed by atoms with Gasteiger partial charge in [-0.05, 0) is 61.2 Å². The molecular weight excluding hydrogens is 393 g/mol. The van der Waals surface area contributed by atoms with E-state index >= 15 is 0 Å². The molecule has 2 aliphatic rings. The predicted molar refractivity (Wildman–Crippen MR) is 118 cm³/mol. The first-order valence-electron chi connectivity index (χ1n) is 10.6. The van der Waals surface area contributed by atoms with E-state index in [1.54, 1.807) is 13.4 Å². The summed E-state index contributed by atoms with van der Waals surface area (Å²) in [5.74, 6) is 0.604. The van der Waals surface area contributed by atoms with Crippen LogP contribution in [0.3, 0.4) is 0 Å². The van der Waals surface area contributed by atoms with Gasteiger partial charge < -0.3 is 14.0 Å². The highest BCUT2D eigenvalue weighted by molar-refractivity contribution is 5.61. The van der Waals surface area contributed by atoms with E-state index in [9.17, 15) is 4.39 Å². The maximum absolute atomic E-state index is 13.3. The number of nitrogens with zero attached hydrogens (tertiary/aromatic N) is 3. The average molecular weight is 420 g/mol. The minimum absolute atomic E-state index is 0.0927. The fraction of sp³-hybridized carbons (Fsp3) is 0.320. The van der Waals surface area contributed by atoms with Crippen molar-refractivity contribution in [3.63, 3.8) is 0 Å². The van der Waals surface area contributed by atoms with E-state index in [1.807, 2.05) is 29.8 Å². The van der Waals surface area contributed by atoms with Crippen molar-refractivity contribution in [2.24, 2.45) is 0 Å². The van der Waals surface area contributed by atoms with Gasteiger partial charge in [0.2, 0.25) is 0 Å². The second-order valence-corrected chi connectivity index (χ2v) is 8.24. The topological polar surface area (TPSA) is 42.8 Å². The van der Waals surface area contributed by atoms with Gasteiger partial charge in [0.05, 0.1) is 24.8 Å². The monoisotopic (exact) mass is 419 g/mol. The highest BCUT2D eigenvalue weighted by Crippen LogP contribution is 2.43. The Bertz CT molecular complexity index is 1120. The van der Waals surface area contributed by atoms with Crippen LogP contribution in [0.4, 0.5) is 4.39 Å². The van der Waals surface area contributed by atoms with Gasteiger partial charge in [0.1, 0.15) is 23.9 Å². The first-order valence-corrected chi connectivity index (χ1v) is 10.6. The number of fused-ring (bicyclic) bond motifs is 1. The summed E-state index contributed by atoms with van der Waals surface area (Å²) >= 11 is 0. The molecule has 2 aromatic carbocycles. The fourth-order valence-electron chi connectivity index (χ4n) is 4.42. The summed E-state index contributed by atoms with van der Waals surface area (Å²) < 4.78 is 26.9. The number of epoxide rings is 1. The number of likely N-dealkylation sites (tertiary alicyclic amines) is 1. The van der Waals surface area contributed by atoms with Gasteiger partial charge in [-0.3, -0.25) is 4.90 Å². The Morgan fingerprint density at radius 3 is 2.74 bits per heavy atom. The molecule has 0 bridgehead atoms. The van der Waals surface area contributed by atoms with Gasteiger partial charge in [-0.2, -0.15) is 0 Å². The molecule has 0 N–H and O–H groups in total. The smallest absolute Gasteiger partial charge is 0.143 e. The molecular formula is C25H26FN3O2. The minimum atomic E-state index is -0.204. The molecule has 5 rings (SSSR count). The average Bonchev–Trinajstić information content (AvgIpc) is 3.48. The largest absolute Gasteiger partial charge is 0.495 e. The minimum Gasteiger partial charge on any atom is -0.495 e. The third-order valence-corrected chi connectivity index (χ3v) is 6.21. The van der Waals surface area contributed by atoms with E-state index < -0.39 is 0 Å². The molecule has 5 nitrogen and oxygen atoms in total. The molecule has 2 unspecified atom stereocenters. The third-order valence-electron chi connectivity index (χ3n) is 6.21. The van der Waals surface area contributed by atoms with Crippen LogP contribution in [0.5, 0.6) is 5.75 Å². The second kappa shape index (κ2) is 7.94. The number of imidazole rings is 1. The first kappa shape index (κ1) is 20.0. The Morgan fingerprint density at radius 1 is 1.23 bits per heavy atom. The van der Waals surface area contributed by atoms with Crippen molar-refractivity contribution in [2.75, 3.05) is 13.7 Å². The maximum Gasteiger partial charge on any atom is 0.143 e. The van der Waals surface area contributed by atoms with Crippen molar-refractivity contribution in [3.8, 4) is 11.4 Å². The van der Waals surface area contributed by atoms with Gasteiger partial charge in [-0.15, -0.1) is 0 Å². The van der Waals surface area contributed by atoms with Crippen molar-refractivity contribution in [3.05, 3.63) is 83.2 Å². The van der Waals surface area contributed by atoms with Gasteiger partial charge in [-0.25, -0.2) is 9.37 Å². The van der Waals surface area contributed by atoms with Crippen LogP contribution in [0, 0.1) is 12.7 Å². The number of hydrogen-bond acceptors (Lipinski definition) is 4. The van der Waals surface area contributed by atoms with E-state index in [0.717, 1.165) is 41.2 Å². The van der Waals surface area contributed by atoms with Crippen LogP contribution >= 0.6 is 0 Å². The summed E-state index contributed by atoms with van der Waals surface area (Å²) in [7, 11) is 1.69. The second-order valence-electron chi connectivity index (χ2n) is 8.24. The molecule has 2 fully saturated rings. The summed E-state index contributed by atoms with van der Waals surface area (Å²) in [6.45, 7) is 5.04. The highest BCUT2D eigenvalue weighted by Gasteiger charge is 2.50. The highest BCUT2D eigenvalue weighted by atomic mass is 19.1. The van der Waals surface area contributed by atoms with Crippen LogP contribution in [0.15, 0.2) is 60.6 Å². The summed E-state index contributed by atoms with van der Waals surface area (Å²) in [6.07, 6.45) is 7.16. The van der Waals surface area contributed by atoms with E-state index in [2.05, 4.69) is 41.1 Å². The number of piperidine rings is 1. The van der Waals surface area contributed by atoms with Gasteiger partial charge in [0, 0.05) is 18.8 Å². The molecule has 0 saturated carbocycles. The van der Waals surface area contributed by atoms with Crippen molar-refractivity contribution < 1.29 is 13.9 Å². The van der Waals surface area contributed by atoms with E-state index in [4.69, 9.17) is 9.47 Å². The number of rotatable bonds is 5. The molecule has 3 atom stereocenters. The zero-order valence-electron chi connectivity index (χ0n) is 18.0. The van der Waals surface area contributed by atoms with Crippen LogP contribution in [-0.2, 0) is 4.74 Å². The number of hydrogen-bond donors (Lipinski definition) is 0. The molecule has 6 heteroatoms. The Hall–Kier alpha value is -2.96. The van der Waals surface area contributed by atoms with Crippen LogP contribution in [0.1, 0.15) is 36.2 Å². The molecule has 0 amide bonds. The number of methoxy groups -OCH3 is 1. The lowest BCUT2D eigenvalue weighted by molar-refractivity contribution is 0.133. The van der Waals surface area contributed by atoms with Gasteiger partial charge >= 0.3 is 0 Å². The van der Waals surface area contributed by atoms with Crippen molar-refractivity contribution >= 4 is 6.08 Å². The number of aryl methyl sites for hydroxylation is 1. The quantitative estimate of drug-likeness (QED) is 0.552. The molecule has 2 saturated heterocycles. The zero-order chi connectivity index (χ0) is 21.5. The van der Waals surface area contributed by atoms with E-state index in [1.165, 1.54) is 17.7 Å². The summed E-state index contributed by atoms with van der Waals surface area (Å²) in [5, 5.41) is 0. The van der Waals surface area contributed by atoms with Gasteiger partial charge in [0.25, 0.3) is 0 Å². The first-order chi connectivity index (χ1) is 15.0. The molecule has 160 valence electrons. The lowest BCUT2D eigenvalue weighted by Crippen LogP contribution is -2.36. The van der Waals surface area contributed by atoms with Crippen molar-refractivity contribution in [1.82, 2.24) is 14.5 Å². The predicted octanol–water partition coefficient (Wildman–Crippen LogP) is 4.90. The summed E-state index contributed by atoms with van der Waals surface area (Å²) in [6, 6.07) is 13.2. The standard InChI is InChI=1S/C25H26FN3O2/c1-16-14-28(15-27-16)22-9-4-18(13-23(22)30-3)12-20-10-11-29(25-24(20)31-25)17(2)19-5-7-21(26)8-6-19/h4-9,12-15,17,24-25H,10-11H2,1-3H3/b20-12+/t17-,24?,25?/m0/s1. The number of halogens is 1. The number of aromatic nitrogens is 2. The number of ether oxygens (including phenoxy) is 2. The molecule has 0 radical (unpaired) electrons. The Kier molecular flexibility index (Phi) is 5.12. The van der Waals surface area contributed by atoms with E-state index in [0.29, 0.717) is 0 Å². The third kappa shape index (κ3) is 3.89. The van der Waals surface area contributed by atoms with Crippen molar-refractivity contribution in [2.45, 2.75) is 38.6 Å². The van der Waals surface area contributed by atoms with Crippen LogP contribution in [-0.4, -0.2) is 40.4 Å². The molecule has 3 aromatic rings. The fourth-order valence-corrected chi connectivity index (χ4v) is 4.42. The lowest BCUT2D eigenvalue weighted by Gasteiger charge is -2.31. The van der Waals surface area contributed by atoms with Gasteiger partial charge in [-0.1, -0.05) is 24.3 Å². The number of benzene rings is 2. The molecule has 2 aliphatic heterocycles. The Balaban J connectivity index is 1.32.